The molecule has 1 heterocycles. The summed E-state index contributed by atoms with van der Waals surface area (Å²) in [7, 11) is 0. The van der Waals surface area contributed by atoms with Crippen LogP contribution in [0.3, 0.4) is 0 Å². The summed E-state index contributed by atoms with van der Waals surface area (Å²) in [5.41, 5.74) is 3.21. The van der Waals surface area contributed by atoms with Gasteiger partial charge in [0.25, 0.3) is 0 Å². The Morgan fingerprint density at radius 1 is 1.00 bits per heavy atom. The quantitative estimate of drug-likeness (QED) is 0.742. The third-order valence-electron chi connectivity index (χ3n) is 3.99. The molecule has 0 saturated heterocycles. The third kappa shape index (κ3) is 2.05. The van der Waals surface area contributed by atoms with Gasteiger partial charge in [-0.05, 0) is 36.6 Å². The molecule has 1 aliphatic carbocycles. The Morgan fingerprint density at radius 3 is 2.43 bits per heavy atom. The molecule has 1 aliphatic rings. The summed E-state index contributed by atoms with van der Waals surface area (Å²) in [6, 6.07) is 14.0. The predicted molar refractivity (Wildman–Crippen MR) is 80.8 cm³/mol. The molecule has 1 N–H and O–H groups in total. The zero-order chi connectivity index (χ0) is 14.4. The average molecular weight is 279 g/mol. The molecular weight excluding hydrogens is 265 g/mol. The minimum Gasteiger partial charge on any atom is -0.505 e. The topological polar surface area (TPSA) is 33.1 Å². The number of halogens is 1. The number of aromatic hydroxyl groups is 1. The molecule has 0 amide bonds. The molecule has 1 saturated carbocycles. The van der Waals surface area contributed by atoms with Gasteiger partial charge in [0, 0.05) is 16.9 Å². The number of rotatable bonds is 2. The van der Waals surface area contributed by atoms with Gasteiger partial charge in [0.2, 0.25) is 0 Å². The fourth-order valence-electron chi connectivity index (χ4n) is 2.77. The van der Waals surface area contributed by atoms with Crippen molar-refractivity contribution in [2.75, 3.05) is 0 Å². The second kappa shape index (κ2) is 4.55. The highest BCUT2D eigenvalue weighted by Gasteiger charge is 2.30. The Labute approximate surface area is 121 Å². The molecule has 3 aromatic rings. The van der Waals surface area contributed by atoms with Crippen LogP contribution in [0, 0.1) is 5.82 Å². The van der Waals surface area contributed by atoms with Crippen molar-refractivity contribution in [3.05, 3.63) is 60.0 Å². The Balaban J connectivity index is 2.05. The molecule has 104 valence electrons. The van der Waals surface area contributed by atoms with Crippen molar-refractivity contribution >= 4 is 10.9 Å². The van der Waals surface area contributed by atoms with Crippen LogP contribution in [0.5, 0.6) is 5.75 Å². The van der Waals surface area contributed by atoms with Crippen LogP contribution < -0.4 is 0 Å². The lowest BCUT2D eigenvalue weighted by Crippen LogP contribution is -1.93. The average Bonchev–Trinajstić information content (AvgIpc) is 3.33. The third-order valence-corrected chi connectivity index (χ3v) is 3.99. The molecule has 2 aromatic carbocycles. The first-order chi connectivity index (χ1) is 10.2. The summed E-state index contributed by atoms with van der Waals surface area (Å²) in [4.78, 5) is 4.62. The normalized spacial score (nSPS) is 14.5. The minimum atomic E-state index is -0.279. The molecule has 3 heteroatoms. The Morgan fingerprint density at radius 2 is 1.71 bits per heavy atom. The smallest absolute Gasteiger partial charge is 0.145 e. The molecule has 0 aliphatic heterocycles. The lowest BCUT2D eigenvalue weighted by molar-refractivity contribution is 0.467. The zero-order valence-corrected chi connectivity index (χ0v) is 11.4. The van der Waals surface area contributed by atoms with Crippen molar-refractivity contribution < 1.29 is 9.50 Å². The van der Waals surface area contributed by atoms with E-state index in [4.69, 9.17) is 0 Å². The summed E-state index contributed by atoms with van der Waals surface area (Å²) in [6.45, 7) is 0. The van der Waals surface area contributed by atoms with E-state index in [1.54, 1.807) is 12.1 Å². The lowest BCUT2D eigenvalue weighted by Gasteiger charge is -2.13. The van der Waals surface area contributed by atoms with E-state index in [0.717, 1.165) is 40.6 Å². The number of para-hydroxylation sites is 1. The van der Waals surface area contributed by atoms with Crippen LogP contribution in [-0.2, 0) is 0 Å². The molecule has 21 heavy (non-hydrogen) atoms. The van der Waals surface area contributed by atoms with Crippen LogP contribution in [0.2, 0.25) is 0 Å². The van der Waals surface area contributed by atoms with Crippen LogP contribution in [0.25, 0.3) is 22.0 Å². The van der Waals surface area contributed by atoms with E-state index in [2.05, 4.69) is 4.98 Å². The van der Waals surface area contributed by atoms with Gasteiger partial charge in [-0.15, -0.1) is 0 Å². The first kappa shape index (κ1) is 12.3. The van der Waals surface area contributed by atoms with Gasteiger partial charge in [-0.1, -0.05) is 30.3 Å². The predicted octanol–water partition coefficient (Wildman–Crippen LogP) is 4.62. The van der Waals surface area contributed by atoms with Crippen LogP contribution in [0.15, 0.2) is 48.5 Å². The van der Waals surface area contributed by atoms with E-state index in [1.165, 1.54) is 12.1 Å². The SMILES string of the molecule is Oc1c(C2CC2)nc2ccccc2c1-c1ccc(F)cc1. The minimum absolute atomic E-state index is 0.239. The highest BCUT2D eigenvalue weighted by molar-refractivity contribution is 5.98. The van der Waals surface area contributed by atoms with Crippen molar-refractivity contribution in [2.24, 2.45) is 0 Å². The van der Waals surface area contributed by atoms with Crippen molar-refractivity contribution in [1.82, 2.24) is 4.98 Å². The van der Waals surface area contributed by atoms with E-state index in [0.29, 0.717) is 5.92 Å². The standard InChI is InChI=1S/C18H14FNO/c19-13-9-7-11(8-10-13)16-14-3-1-2-4-15(14)20-17(18(16)21)12-5-6-12/h1-4,7-10,12,21H,5-6H2. The lowest BCUT2D eigenvalue weighted by atomic mass is 9.98. The summed E-state index contributed by atoms with van der Waals surface area (Å²) in [5, 5.41) is 11.6. The van der Waals surface area contributed by atoms with Crippen molar-refractivity contribution in [1.29, 1.82) is 0 Å². The van der Waals surface area contributed by atoms with Gasteiger partial charge < -0.3 is 5.11 Å². The number of aromatic nitrogens is 1. The Bertz CT molecular complexity index is 822. The number of pyridine rings is 1. The fourth-order valence-corrected chi connectivity index (χ4v) is 2.77. The summed E-state index contributed by atoms with van der Waals surface area (Å²) in [6.07, 6.45) is 2.14. The Kier molecular flexibility index (Phi) is 2.67. The second-order valence-corrected chi connectivity index (χ2v) is 5.52. The van der Waals surface area contributed by atoms with Gasteiger partial charge in [-0.2, -0.15) is 0 Å². The van der Waals surface area contributed by atoms with Gasteiger partial charge in [0.15, 0.2) is 0 Å². The summed E-state index contributed by atoms with van der Waals surface area (Å²) >= 11 is 0. The van der Waals surface area contributed by atoms with Crippen molar-refractivity contribution in [3.8, 4) is 16.9 Å². The largest absolute Gasteiger partial charge is 0.505 e. The van der Waals surface area contributed by atoms with Crippen molar-refractivity contribution in [2.45, 2.75) is 18.8 Å². The van der Waals surface area contributed by atoms with Crippen LogP contribution >= 0.6 is 0 Å². The summed E-state index contributed by atoms with van der Waals surface area (Å²) < 4.78 is 13.2. The fraction of sp³-hybridized carbons (Fsp3) is 0.167. The van der Waals surface area contributed by atoms with E-state index in [1.807, 2.05) is 24.3 Å². The van der Waals surface area contributed by atoms with Gasteiger partial charge in [-0.25, -0.2) is 9.37 Å². The number of nitrogens with zero attached hydrogens (tertiary/aromatic N) is 1. The van der Waals surface area contributed by atoms with Crippen molar-refractivity contribution in [3.63, 3.8) is 0 Å². The van der Waals surface area contributed by atoms with Crippen LogP contribution in [0.4, 0.5) is 4.39 Å². The molecule has 0 atom stereocenters. The van der Waals surface area contributed by atoms with Gasteiger partial charge in [0.05, 0.1) is 11.2 Å². The number of hydrogen-bond acceptors (Lipinski definition) is 2. The first-order valence-electron chi connectivity index (χ1n) is 7.11. The molecule has 0 radical (unpaired) electrons. The van der Waals surface area contributed by atoms with E-state index in [-0.39, 0.29) is 11.6 Å². The maximum atomic E-state index is 13.2. The van der Waals surface area contributed by atoms with E-state index >= 15 is 0 Å². The summed E-state index contributed by atoms with van der Waals surface area (Å²) in [5.74, 6) is 0.315. The highest BCUT2D eigenvalue weighted by Crippen LogP contribution is 2.47. The highest BCUT2D eigenvalue weighted by atomic mass is 19.1. The van der Waals surface area contributed by atoms with Crippen LogP contribution in [0.1, 0.15) is 24.5 Å². The monoisotopic (exact) mass is 279 g/mol. The first-order valence-corrected chi connectivity index (χ1v) is 7.11. The van der Waals surface area contributed by atoms with Gasteiger partial charge in [-0.3, -0.25) is 0 Å². The maximum absolute atomic E-state index is 13.2. The Hall–Kier alpha value is -2.42. The molecule has 4 rings (SSSR count). The maximum Gasteiger partial charge on any atom is 0.145 e. The molecule has 1 aromatic heterocycles. The van der Waals surface area contributed by atoms with E-state index < -0.39 is 0 Å². The second-order valence-electron chi connectivity index (χ2n) is 5.52. The number of benzene rings is 2. The molecule has 2 nitrogen and oxygen atoms in total. The molecular formula is C18H14FNO. The molecule has 1 fully saturated rings. The van der Waals surface area contributed by atoms with Gasteiger partial charge in [0.1, 0.15) is 11.6 Å². The molecule has 0 spiro atoms. The van der Waals surface area contributed by atoms with E-state index in [9.17, 15) is 9.50 Å². The van der Waals surface area contributed by atoms with Crippen LogP contribution in [-0.4, -0.2) is 10.1 Å². The zero-order valence-electron chi connectivity index (χ0n) is 11.4. The molecule has 0 unspecified atom stereocenters. The van der Waals surface area contributed by atoms with Gasteiger partial charge >= 0.3 is 0 Å². The number of fused-ring (bicyclic) bond motifs is 1. The number of hydrogen-bond donors (Lipinski definition) is 1. The molecule has 0 bridgehead atoms.